The third kappa shape index (κ3) is 4.68. The van der Waals surface area contributed by atoms with Crippen molar-refractivity contribution in [1.82, 2.24) is 25.6 Å². The lowest BCUT2D eigenvalue weighted by Gasteiger charge is -2.14. The fraction of sp³-hybridized carbons (Fsp3) is 0.333. The van der Waals surface area contributed by atoms with E-state index in [0.29, 0.717) is 12.1 Å². The first kappa shape index (κ1) is 20.9. The lowest BCUT2D eigenvalue weighted by Crippen LogP contribution is -2.30. The summed E-state index contributed by atoms with van der Waals surface area (Å²) in [6, 6.07) is 1.54. The minimum atomic E-state index is -0.646. The third-order valence-electron chi connectivity index (χ3n) is 3.77. The highest BCUT2D eigenvalue weighted by atomic mass is 35.5. The number of pyridine rings is 1. The summed E-state index contributed by atoms with van der Waals surface area (Å²) in [5.41, 5.74) is 0.876. The first-order valence-electron chi connectivity index (χ1n) is 7.35. The fourth-order valence-electron chi connectivity index (χ4n) is 2.58. The molecule has 0 saturated carbocycles. The molecule has 1 amide bonds. The Morgan fingerprint density at radius 2 is 2.04 bits per heavy atom. The van der Waals surface area contributed by atoms with Crippen LogP contribution in [0.3, 0.4) is 0 Å². The second-order valence-electron chi connectivity index (χ2n) is 5.46. The summed E-state index contributed by atoms with van der Waals surface area (Å²) < 4.78 is 0. The number of carbonyl (C=O) groups is 1. The summed E-state index contributed by atoms with van der Waals surface area (Å²) in [6.07, 6.45) is 2.95. The van der Waals surface area contributed by atoms with Gasteiger partial charge in [0.1, 0.15) is 11.3 Å². The molecule has 2 aromatic rings. The van der Waals surface area contributed by atoms with Gasteiger partial charge in [-0.15, -0.1) is 24.8 Å². The van der Waals surface area contributed by atoms with Crippen LogP contribution >= 0.6 is 24.8 Å². The number of hydrogen-bond donors (Lipinski definition) is 4. The number of nitrogens with zero attached hydrogens (tertiary/aromatic N) is 1. The average molecular weight is 388 g/mol. The van der Waals surface area contributed by atoms with Crippen LogP contribution in [0.15, 0.2) is 27.3 Å². The van der Waals surface area contributed by atoms with E-state index in [1.807, 2.05) is 0 Å². The van der Waals surface area contributed by atoms with E-state index in [4.69, 9.17) is 0 Å². The molecule has 0 bridgehead atoms. The molecule has 0 spiro atoms. The molecule has 10 heteroatoms. The molecular formula is C15H19Cl2N5O3. The molecule has 0 aliphatic carbocycles. The summed E-state index contributed by atoms with van der Waals surface area (Å²) >= 11 is 0. The molecule has 0 fully saturated rings. The zero-order chi connectivity index (χ0) is 16.4. The first-order chi connectivity index (χ1) is 11.0. The van der Waals surface area contributed by atoms with E-state index in [1.165, 1.54) is 5.57 Å². The summed E-state index contributed by atoms with van der Waals surface area (Å²) in [4.78, 5) is 44.1. The molecule has 2 aromatic heterocycles. The fourth-order valence-corrected chi connectivity index (χ4v) is 2.58. The molecule has 0 unspecified atom stereocenters. The van der Waals surface area contributed by atoms with Crippen LogP contribution in [0, 0.1) is 6.92 Å². The quantitative estimate of drug-likeness (QED) is 0.568. The Bertz CT molecular complexity index is 920. The normalized spacial score (nSPS) is 13.4. The Labute approximate surface area is 155 Å². The summed E-state index contributed by atoms with van der Waals surface area (Å²) in [6.45, 7) is 3.87. The number of aromatic nitrogens is 3. The maximum absolute atomic E-state index is 12.3. The predicted molar refractivity (Wildman–Crippen MR) is 100 cm³/mol. The number of aromatic amines is 2. The van der Waals surface area contributed by atoms with Crippen molar-refractivity contribution in [2.75, 3.05) is 19.6 Å². The standard InChI is InChI=1S/C15H17N5O3.2ClH/c1-8-6-10(13(21)17-7-9-2-4-16-5-3-9)18-12-11(8)14(22)20-15(23)19-12;;/h2,6,16H,3-5,7H2,1H3,(H,17,21)(H2,18,19,20,22,23);2*1H. The van der Waals surface area contributed by atoms with E-state index in [2.05, 4.69) is 31.7 Å². The topological polar surface area (TPSA) is 120 Å². The van der Waals surface area contributed by atoms with Crippen LogP contribution < -0.4 is 21.9 Å². The van der Waals surface area contributed by atoms with Crippen LogP contribution in [0.5, 0.6) is 0 Å². The van der Waals surface area contributed by atoms with Gasteiger partial charge in [0.05, 0.1) is 5.39 Å². The van der Waals surface area contributed by atoms with Crippen LogP contribution in [0.4, 0.5) is 0 Å². The largest absolute Gasteiger partial charge is 0.347 e. The molecule has 8 nitrogen and oxygen atoms in total. The summed E-state index contributed by atoms with van der Waals surface area (Å²) in [7, 11) is 0. The number of rotatable bonds is 3. The van der Waals surface area contributed by atoms with Gasteiger partial charge in [-0.25, -0.2) is 9.78 Å². The zero-order valence-corrected chi connectivity index (χ0v) is 15.1. The molecule has 1 aliphatic heterocycles. The van der Waals surface area contributed by atoms with Gasteiger partial charge in [-0.3, -0.25) is 19.6 Å². The molecule has 3 heterocycles. The van der Waals surface area contributed by atoms with Crippen molar-refractivity contribution in [2.24, 2.45) is 0 Å². The number of carbonyl (C=O) groups excluding carboxylic acids is 1. The lowest BCUT2D eigenvalue weighted by atomic mass is 10.1. The minimum Gasteiger partial charge on any atom is -0.347 e. The van der Waals surface area contributed by atoms with Gasteiger partial charge in [0.25, 0.3) is 11.5 Å². The number of fused-ring (bicyclic) bond motifs is 1. The van der Waals surface area contributed by atoms with Gasteiger partial charge in [0.2, 0.25) is 0 Å². The van der Waals surface area contributed by atoms with Crippen LogP contribution in [-0.4, -0.2) is 40.5 Å². The molecule has 1 aliphatic rings. The Kier molecular flexibility index (Phi) is 7.35. The first-order valence-corrected chi connectivity index (χ1v) is 7.35. The maximum Gasteiger partial charge on any atom is 0.327 e. The van der Waals surface area contributed by atoms with Crippen LogP contribution in [0.2, 0.25) is 0 Å². The second-order valence-corrected chi connectivity index (χ2v) is 5.46. The number of hydrogen-bond acceptors (Lipinski definition) is 5. The van der Waals surface area contributed by atoms with Crippen LogP contribution in [-0.2, 0) is 0 Å². The van der Waals surface area contributed by atoms with Gasteiger partial charge in [-0.2, -0.15) is 0 Å². The molecule has 0 radical (unpaired) electrons. The van der Waals surface area contributed by atoms with Crippen molar-refractivity contribution in [3.8, 4) is 0 Å². The highest BCUT2D eigenvalue weighted by Crippen LogP contribution is 2.11. The number of H-pyrrole nitrogens is 2. The van der Waals surface area contributed by atoms with Gasteiger partial charge < -0.3 is 10.6 Å². The zero-order valence-electron chi connectivity index (χ0n) is 13.5. The van der Waals surface area contributed by atoms with Gasteiger partial charge in [0.15, 0.2) is 0 Å². The Balaban J connectivity index is 0.00000156. The summed E-state index contributed by atoms with van der Waals surface area (Å²) in [5.74, 6) is -0.337. The van der Waals surface area contributed by atoms with E-state index >= 15 is 0 Å². The molecule has 4 N–H and O–H groups in total. The van der Waals surface area contributed by atoms with Gasteiger partial charge in [0, 0.05) is 13.1 Å². The number of nitrogens with one attached hydrogen (secondary N) is 4. The Hall–Kier alpha value is -2.16. The molecular weight excluding hydrogens is 369 g/mol. The highest BCUT2D eigenvalue weighted by molar-refractivity contribution is 5.95. The molecule has 3 rings (SSSR count). The summed E-state index contributed by atoms with van der Waals surface area (Å²) in [5, 5.41) is 6.30. The molecule has 0 atom stereocenters. The monoisotopic (exact) mass is 387 g/mol. The van der Waals surface area contributed by atoms with Crippen molar-refractivity contribution < 1.29 is 4.79 Å². The average Bonchev–Trinajstić information content (AvgIpc) is 2.52. The molecule has 25 heavy (non-hydrogen) atoms. The Morgan fingerprint density at radius 3 is 2.72 bits per heavy atom. The SMILES string of the molecule is Cc1cc(C(=O)NCC2=CCNCC2)nc2[nH]c(=O)[nH]c(=O)c12.Cl.Cl. The van der Waals surface area contributed by atoms with E-state index in [-0.39, 0.29) is 47.4 Å². The van der Waals surface area contributed by atoms with Crippen LogP contribution in [0.1, 0.15) is 22.5 Å². The Morgan fingerprint density at radius 1 is 1.28 bits per heavy atom. The van der Waals surface area contributed by atoms with E-state index in [1.54, 1.807) is 13.0 Å². The highest BCUT2D eigenvalue weighted by Gasteiger charge is 2.13. The van der Waals surface area contributed by atoms with Gasteiger partial charge >= 0.3 is 5.69 Å². The van der Waals surface area contributed by atoms with Crippen molar-refractivity contribution in [3.05, 3.63) is 49.8 Å². The number of amides is 1. The maximum atomic E-state index is 12.3. The minimum absolute atomic E-state index is 0. The van der Waals surface area contributed by atoms with Gasteiger partial charge in [-0.05, 0) is 31.5 Å². The molecule has 0 saturated heterocycles. The predicted octanol–water partition coefficient (Wildman–Crippen LogP) is 0.413. The third-order valence-corrected chi connectivity index (χ3v) is 3.77. The lowest BCUT2D eigenvalue weighted by molar-refractivity contribution is 0.0952. The van der Waals surface area contributed by atoms with E-state index in [9.17, 15) is 14.4 Å². The van der Waals surface area contributed by atoms with Gasteiger partial charge in [-0.1, -0.05) is 11.6 Å². The van der Waals surface area contributed by atoms with Crippen molar-refractivity contribution >= 4 is 41.8 Å². The molecule has 136 valence electrons. The number of aryl methyl sites for hydroxylation is 1. The van der Waals surface area contributed by atoms with E-state index < -0.39 is 11.2 Å². The van der Waals surface area contributed by atoms with E-state index in [0.717, 1.165) is 19.5 Å². The van der Waals surface area contributed by atoms with Crippen molar-refractivity contribution in [1.29, 1.82) is 0 Å². The molecule has 0 aromatic carbocycles. The van der Waals surface area contributed by atoms with Crippen LogP contribution in [0.25, 0.3) is 11.0 Å². The number of halogens is 2. The smallest absolute Gasteiger partial charge is 0.327 e. The van der Waals surface area contributed by atoms with Crippen molar-refractivity contribution in [3.63, 3.8) is 0 Å². The second kappa shape index (κ2) is 8.80. The van der Waals surface area contributed by atoms with Crippen molar-refractivity contribution in [2.45, 2.75) is 13.3 Å².